The highest BCUT2D eigenvalue weighted by Gasteiger charge is 2.28. The molecule has 2 fully saturated rings. The molecule has 1 amide bonds. The number of amides is 1. The van der Waals surface area contributed by atoms with Gasteiger partial charge in [0.15, 0.2) is 0 Å². The van der Waals surface area contributed by atoms with Gasteiger partial charge in [-0.15, -0.1) is 0 Å². The third kappa shape index (κ3) is 5.03. The van der Waals surface area contributed by atoms with Crippen LogP contribution in [0.25, 0.3) is 0 Å². The summed E-state index contributed by atoms with van der Waals surface area (Å²) in [5.74, 6) is -0.0946. The smallest absolute Gasteiger partial charge is 0.253 e. The van der Waals surface area contributed by atoms with Crippen molar-refractivity contribution in [2.24, 2.45) is 0 Å². The Morgan fingerprint density at radius 2 is 1.50 bits per heavy atom. The summed E-state index contributed by atoms with van der Waals surface area (Å²) < 4.78 is 27.1. The molecule has 2 heterocycles. The fraction of sp³-hybridized carbons (Fsp3) is 0.409. The highest BCUT2D eigenvalue weighted by molar-refractivity contribution is 7.89. The van der Waals surface area contributed by atoms with E-state index in [4.69, 9.17) is 0 Å². The number of sulfonamides is 1. The molecular formula is C22H27ClN3O3S-. The van der Waals surface area contributed by atoms with E-state index in [0.29, 0.717) is 31.7 Å². The van der Waals surface area contributed by atoms with Gasteiger partial charge in [-0.1, -0.05) is 36.4 Å². The second-order valence-electron chi connectivity index (χ2n) is 7.69. The quantitative estimate of drug-likeness (QED) is 0.615. The van der Waals surface area contributed by atoms with Crippen LogP contribution in [0.5, 0.6) is 0 Å². The number of piperazine rings is 1. The van der Waals surface area contributed by atoms with Crippen LogP contribution in [0.1, 0.15) is 28.8 Å². The predicted octanol–water partition coefficient (Wildman–Crippen LogP) is -0.567. The van der Waals surface area contributed by atoms with Gasteiger partial charge in [-0.25, -0.2) is 8.42 Å². The lowest BCUT2D eigenvalue weighted by Gasteiger charge is -2.34. The molecule has 6 nitrogen and oxygen atoms in total. The van der Waals surface area contributed by atoms with E-state index in [9.17, 15) is 13.2 Å². The Bertz CT molecular complexity index is 955. The van der Waals surface area contributed by atoms with Crippen molar-refractivity contribution in [3.63, 3.8) is 0 Å². The van der Waals surface area contributed by atoms with Gasteiger partial charge in [0.2, 0.25) is 10.0 Å². The fourth-order valence-corrected chi connectivity index (χ4v) is 5.56. The number of hydrogen-bond donors (Lipinski definition) is 0. The number of benzene rings is 2. The molecule has 30 heavy (non-hydrogen) atoms. The molecule has 0 N–H and O–H groups in total. The summed E-state index contributed by atoms with van der Waals surface area (Å²) in [4.78, 5) is 17.3. The standard InChI is InChI=1S/C22H27N3O3S.ClH/c26-22(24-15-13-23(14-16-24)18-19-7-2-1-3-8-19)20-9-6-10-21(17-20)29(27,28)25-11-4-5-12-25;/h1-3,6-10,17H,4-5,11-16,18H2;1H/p-1. The second-order valence-corrected chi connectivity index (χ2v) is 9.63. The van der Waals surface area contributed by atoms with Crippen molar-refractivity contribution in [2.75, 3.05) is 39.3 Å². The monoisotopic (exact) mass is 448 g/mol. The zero-order valence-electron chi connectivity index (χ0n) is 16.9. The normalized spacial score (nSPS) is 18.2. The summed E-state index contributed by atoms with van der Waals surface area (Å²) >= 11 is 0. The van der Waals surface area contributed by atoms with E-state index in [-0.39, 0.29) is 23.2 Å². The SMILES string of the molecule is O=C(c1cccc(S(=O)(=O)N2CCCC2)c1)N1CCN(Cc2ccccc2)CC1.[Cl-]. The Kier molecular flexibility index (Phi) is 7.52. The molecule has 2 aliphatic rings. The number of hydrogen-bond acceptors (Lipinski definition) is 4. The highest BCUT2D eigenvalue weighted by Crippen LogP contribution is 2.22. The van der Waals surface area contributed by atoms with Gasteiger partial charge < -0.3 is 17.3 Å². The fourth-order valence-electron chi connectivity index (χ4n) is 4.00. The van der Waals surface area contributed by atoms with Crippen LogP contribution in [0.4, 0.5) is 0 Å². The van der Waals surface area contributed by atoms with Crippen molar-refractivity contribution >= 4 is 15.9 Å². The molecule has 0 atom stereocenters. The van der Waals surface area contributed by atoms with Crippen LogP contribution in [-0.4, -0.2) is 67.7 Å². The highest BCUT2D eigenvalue weighted by atomic mass is 35.5. The van der Waals surface area contributed by atoms with E-state index < -0.39 is 10.0 Å². The Morgan fingerprint density at radius 3 is 2.17 bits per heavy atom. The summed E-state index contributed by atoms with van der Waals surface area (Å²) in [7, 11) is -3.51. The minimum Gasteiger partial charge on any atom is -1.00 e. The van der Waals surface area contributed by atoms with Crippen LogP contribution in [0, 0.1) is 0 Å². The third-order valence-electron chi connectivity index (χ3n) is 5.69. The van der Waals surface area contributed by atoms with Crippen LogP contribution < -0.4 is 12.4 Å². The summed E-state index contributed by atoms with van der Waals surface area (Å²) in [6.07, 6.45) is 1.79. The molecule has 0 aromatic heterocycles. The summed E-state index contributed by atoms with van der Waals surface area (Å²) in [5, 5.41) is 0. The first-order valence-electron chi connectivity index (χ1n) is 10.2. The average Bonchev–Trinajstić information content (AvgIpc) is 3.31. The zero-order chi connectivity index (χ0) is 20.3. The molecule has 2 aliphatic heterocycles. The lowest BCUT2D eigenvalue weighted by Crippen LogP contribution is -3.00. The minimum atomic E-state index is -3.51. The lowest BCUT2D eigenvalue weighted by molar-refractivity contribution is -0.0000193. The van der Waals surface area contributed by atoms with E-state index in [2.05, 4.69) is 17.0 Å². The first-order valence-corrected chi connectivity index (χ1v) is 11.6. The third-order valence-corrected chi connectivity index (χ3v) is 7.59. The summed E-state index contributed by atoms with van der Waals surface area (Å²) in [5.41, 5.74) is 1.72. The van der Waals surface area contributed by atoms with Crippen LogP contribution in [0.2, 0.25) is 0 Å². The molecule has 162 valence electrons. The van der Waals surface area contributed by atoms with Crippen LogP contribution in [0.15, 0.2) is 59.5 Å². The molecule has 2 aromatic carbocycles. The summed E-state index contributed by atoms with van der Waals surface area (Å²) in [6, 6.07) is 16.8. The van der Waals surface area contributed by atoms with Crippen LogP contribution in [0.3, 0.4) is 0 Å². The Hall–Kier alpha value is -1.93. The molecule has 0 aliphatic carbocycles. The topological polar surface area (TPSA) is 60.9 Å². The van der Waals surface area contributed by atoms with E-state index in [0.717, 1.165) is 32.5 Å². The zero-order valence-corrected chi connectivity index (χ0v) is 18.5. The Morgan fingerprint density at radius 1 is 0.833 bits per heavy atom. The molecule has 0 saturated carbocycles. The van der Waals surface area contributed by atoms with Crippen molar-refractivity contribution in [1.82, 2.24) is 14.1 Å². The average molecular weight is 449 g/mol. The van der Waals surface area contributed by atoms with Crippen molar-refractivity contribution in [3.05, 3.63) is 65.7 Å². The number of nitrogens with zero attached hydrogens (tertiary/aromatic N) is 3. The van der Waals surface area contributed by atoms with E-state index >= 15 is 0 Å². The number of halogens is 1. The number of carbonyl (C=O) groups excluding carboxylic acids is 1. The van der Waals surface area contributed by atoms with E-state index in [1.54, 1.807) is 18.2 Å². The second kappa shape index (κ2) is 9.92. The van der Waals surface area contributed by atoms with Crippen molar-refractivity contribution in [1.29, 1.82) is 0 Å². The molecule has 0 spiro atoms. The van der Waals surface area contributed by atoms with Crippen molar-refractivity contribution in [2.45, 2.75) is 24.3 Å². The van der Waals surface area contributed by atoms with Gasteiger partial charge >= 0.3 is 0 Å². The molecule has 0 unspecified atom stereocenters. The van der Waals surface area contributed by atoms with Crippen molar-refractivity contribution in [3.8, 4) is 0 Å². The molecular weight excluding hydrogens is 422 g/mol. The largest absolute Gasteiger partial charge is 1.00 e. The molecule has 2 aromatic rings. The predicted molar refractivity (Wildman–Crippen MR) is 112 cm³/mol. The molecule has 4 rings (SSSR count). The van der Waals surface area contributed by atoms with E-state index in [1.165, 1.54) is 15.9 Å². The van der Waals surface area contributed by atoms with Gasteiger partial charge in [-0.2, -0.15) is 4.31 Å². The van der Waals surface area contributed by atoms with Gasteiger partial charge in [-0.05, 0) is 36.6 Å². The number of rotatable bonds is 5. The van der Waals surface area contributed by atoms with Gasteiger partial charge in [0, 0.05) is 51.4 Å². The van der Waals surface area contributed by atoms with Crippen molar-refractivity contribution < 1.29 is 25.6 Å². The molecule has 0 bridgehead atoms. The van der Waals surface area contributed by atoms with Gasteiger partial charge in [0.05, 0.1) is 4.90 Å². The van der Waals surface area contributed by atoms with Crippen LogP contribution >= 0.6 is 0 Å². The Labute approximate surface area is 184 Å². The molecule has 8 heteroatoms. The first kappa shape index (κ1) is 22.7. The maximum Gasteiger partial charge on any atom is 0.253 e. The molecule has 2 saturated heterocycles. The first-order chi connectivity index (χ1) is 14.0. The van der Waals surface area contributed by atoms with Gasteiger partial charge in [0.1, 0.15) is 0 Å². The summed E-state index contributed by atoms with van der Waals surface area (Å²) in [6.45, 7) is 4.92. The number of carbonyl (C=O) groups is 1. The molecule has 0 radical (unpaired) electrons. The maximum atomic E-state index is 13.0. The van der Waals surface area contributed by atoms with Crippen LogP contribution in [-0.2, 0) is 16.6 Å². The maximum absolute atomic E-state index is 13.0. The van der Waals surface area contributed by atoms with Gasteiger partial charge in [0.25, 0.3) is 5.91 Å². The lowest BCUT2D eigenvalue weighted by atomic mass is 10.1. The van der Waals surface area contributed by atoms with E-state index in [1.807, 2.05) is 23.1 Å². The van der Waals surface area contributed by atoms with Gasteiger partial charge in [-0.3, -0.25) is 9.69 Å². The minimum absolute atomic E-state index is 0. The Balaban J connectivity index is 0.00000256.